The summed E-state index contributed by atoms with van der Waals surface area (Å²) in [6, 6.07) is 21.4. The van der Waals surface area contributed by atoms with Crippen molar-refractivity contribution < 1.29 is 9.59 Å². The van der Waals surface area contributed by atoms with Crippen LogP contribution in [0.2, 0.25) is 5.02 Å². The number of hydrogen-bond donors (Lipinski definition) is 1. The number of hydrogen-bond acceptors (Lipinski definition) is 5. The maximum Gasteiger partial charge on any atom is 0.170 e. The van der Waals surface area contributed by atoms with E-state index >= 15 is 0 Å². The lowest BCUT2D eigenvalue weighted by molar-refractivity contribution is 0.0984. The van der Waals surface area contributed by atoms with E-state index in [9.17, 15) is 9.59 Å². The maximum atomic E-state index is 12.9. The van der Waals surface area contributed by atoms with Crippen LogP contribution in [0.25, 0.3) is 0 Å². The minimum atomic E-state index is 0.0140. The molecule has 206 valence electrons. The first-order valence-corrected chi connectivity index (χ1v) is 14.2. The number of benzene rings is 3. The molecule has 1 saturated heterocycles. The number of nitrogens with one attached hydrogen (secondary N) is 1. The quantitative estimate of drug-likeness (QED) is 0.221. The Morgan fingerprint density at radius 1 is 0.925 bits per heavy atom. The molecule has 0 spiro atoms. The van der Waals surface area contributed by atoms with Crippen LogP contribution in [0.5, 0.6) is 0 Å². The Morgan fingerprint density at radius 2 is 1.57 bits per heavy atom. The van der Waals surface area contributed by atoms with Crippen LogP contribution >= 0.6 is 11.6 Å². The van der Waals surface area contributed by atoms with E-state index in [4.69, 9.17) is 11.6 Å². The number of ketones is 2. The normalized spacial score (nSPS) is 13.8. The zero-order chi connectivity index (χ0) is 28.2. The van der Waals surface area contributed by atoms with Crippen molar-refractivity contribution in [3.05, 3.63) is 106 Å². The molecule has 1 fully saturated rings. The van der Waals surface area contributed by atoms with Crippen molar-refractivity contribution in [2.75, 3.05) is 23.3 Å². The lowest BCUT2D eigenvalue weighted by atomic mass is 9.98. The number of anilines is 3. The van der Waals surface area contributed by atoms with Gasteiger partial charge < -0.3 is 10.2 Å². The van der Waals surface area contributed by atoms with E-state index in [2.05, 4.69) is 34.4 Å². The Morgan fingerprint density at radius 3 is 2.20 bits per heavy atom. The minimum Gasteiger partial charge on any atom is -0.372 e. The monoisotopic (exact) mass is 554 g/mol. The fourth-order valence-corrected chi connectivity index (χ4v) is 5.35. The lowest BCUT2D eigenvalue weighted by Gasteiger charge is -2.32. The molecule has 0 amide bonds. The number of aryl methyl sites for hydroxylation is 1. The molecule has 4 aromatic rings. The molecule has 1 aliphatic heterocycles. The number of aromatic nitrogens is 2. The summed E-state index contributed by atoms with van der Waals surface area (Å²) in [5, 5.41) is 8.02. The van der Waals surface area contributed by atoms with Gasteiger partial charge in [0.1, 0.15) is 0 Å². The van der Waals surface area contributed by atoms with Gasteiger partial charge in [0, 0.05) is 55.6 Å². The van der Waals surface area contributed by atoms with Gasteiger partial charge in [-0.15, -0.1) is 0 Å². The number of piperidine rings is 1. The predicted octanol–water partition coefficient (Wildman–Crippen LogP) is 7.21. The number of rotatable bonds is 9. The Bertz CT molecular complexity index is 1500. The van der Waals surface area contributed by atoms with Crippen molar-refractivity contribution in [1.82, 2.24) is 9.78 Å². The number of carbonyl (C=O) groups is 2. The van der Waals surface area contributed by atoms with E-state index < -0.39 is 0 Å². The minimum absolute atomic E-state index is 0.0140. The SMILES string of the molecule is Cc1c(C(=O)Cc2ccc(Nc3ccc(CC(=O)c4ccc(N5CCC(C)CC5)cc4)cc3)c(Cl)c2)cnn1C. The van der Waals surface area contributed by atoms with Gasteiger partial charge in [-0.1, -0.05) is 36.7 Å². The third-order valence-corrected chi connectivity index (χ3v) is 8.18. The maximum absolute atomic E-state index is 12.9. The van der Waals surface area contributed by atoms with E-state index in [0.717, 1.165) is 52.8 Å². The molecule has 0 bridgehead atoms. The van der Waals surface area contributed by atoms with Crippen LogP contribution in [0.3, 0.4) is 0 Å². The molecule has 0 aliphatic carbocycles. The van der Waals surface area contributed by atoms with Crippen LogP contribution in [0.15, 0.2) is 72.9 Å². The molecule has 0 radical (unpaired) electrons. The first-order valence-electron chi connectivity index (χ1n) is 13.8. The molecule has 7 heteroatoms. The molecule has 0 unspecified atom stereocenters. The van der Waals surface area contributed by atoms with Crippen molar-refractivity contribution in [2.24, 2.45) is 13.0 Å². The van der Waals surface area contributed by atoms with Crippen molar-refractivity contribution >= 4 is 40.2 Å². The highest BCUT2D eigenvalue weighted by Crippen LogP contribution is 2.28. The van der Waals surface area contributed by atoms with Crippen molar-refractivity contribution in [1.29, 1.82) is 0 Å². The third-order valence-electron chi connectivity index (χ3n) is 7.87. The first kappa shape index (κ1) is 27.7. The predicted molar refractivity (Wildman–Crippen MR) is 162 cm³/mol. The number of nitrogens with zero attached hydrogens (tertiary/aromatic N) is 3. The summed E-state index contributed by atoms with van der Waals surface area (Å²) in [5.74, 6) is 0.912. The van der Waals surface area contributed by atoms with Gasteiger partial charge in [0.25, 0.3) is 0 Å². The van der Waals surface area contributed by atoms with Crippen LogP contribution in [0.1, 0.15) is 57.3 Å². The highest BCUT2D eigenvalue weighted by atomic mass is 35.5. The highest BCUT2D eigenvalue weighted by molar-refractivity contribution is 6.33. The summed E-state index contributed by atoms with van der Waals surface area (Å²) in [6.07, 6.45) is 4.66. The van der Waals surface area contributed by atoms with Crippen LogP contribution < -0.4 is 10.2 Å². The molecule has 5 rings (SSSR count). The molecule has 6 nitrogen and oxygen atoms in total. The molecule has 40 heavy (non-hydrogen) atoms. The van der Waals surface area contributed by atoms with Gasteiger partial charge in [-0.2, -0.15) is 5.10 Å². The Hall–Kier alpha value is -3.90. The Labute approximate surface area is 241 Å². The van der Waals surface area contributed by atoms with Gasteiger partial charge in [-0.25, -0.2) is 0 Å². The molecule has 0 saturated carbocycles. The summed E-state index contributed by atoms with van der Waals surface area (Å²) in [4.78, 5) is 28.0. The molecule has 3 aromatic carbocycles. The van der Waals surface area contributed by atoms with Gasteiger partial charge >= 0.3 is 0 Å². The summed E-state index contributed by atoms with van der Waals surface area (Å²) in [6.45, 7) is 6.35. The molecule has 0 atom stereocenters. The molecule has 1 N–H and O–H groups in total. The zero-order valence-electron chi connectivity index (χ0n) is 23.3. The second-order valence-electron chi connectivity index (χ2n) is 10.8. The molecular weight excluding hydrogens is 520 g/mol. The van der Waals surface area contributed by atoms with Gasteiger partial charge in [0.2, 0.25) is 0 Å². The van der Waals surface area contributed by atoms with Crippen molar-refractivity contribution in [3.63, 3.8) is 0 Å². The van der Waals surface area contributed by atoms with Gasteiger partial charge in [0.05, 0.1) is 22.5 Å². The van der Waals surface area contributed by atoms with Gasteiger partial charge in [0.15, 0.2) is 11.6 Å². The van der Waals surface area contributed by atoms with Crippen LogP contribution in [0, 0.1) is 12.8 Å². The fourth-order valence-electron chi connectivity index (χ4n) is 5.10. The summed E-state index contributed by atoms with van der Waals surface area (Å²) >= 11 is 6.54. The van der Waals surface area contributed by atoms with Gasteiger partial charge in [-0.3, -0.25) is 14.3 Å². The van der Waals surface area contributed by atoms with E-state index in [1.165, 1.54) is 18.5 Å². The highest BCUT2D eigenvalue weighted by Gasteiger charge is 2.17. The van der Waals surface area contributed by atoms with Crippen molar-refractivity contribution in [3.8, 4) is 0 Å². The van der Waals surface area contributed by atoms with E-state index in [-0.39, 0.29) is 18.0 Å². The second kappa shape index (κ2) is 12.1. The lowest BCUT2D eigenvalue weighted by Crippen LogP contribution is -2.32. The number of halogens is 1. The van der Waals surface area contributed by atoms with Gasteiger partial charge in [-0.05, 0) is 85.3 Å². The molecular formula is C33H35ClN4O2. The zero-order valence-corrected chi connectivity index (χ0v) is 24.0. The summed E-state index contributed by atoms with van der Waals surface area (Å²) in [5.41, 5.74) is 6.83. The first-order chi connectivity index (χ1) is 19.3. The summed E-state index contributed by atoms with van der Waals surface area (Å²) in [7, 11) is 1.82. The largest absolute Gasteiger partial charge is 0.372 e. The van der Waals surface area contributed by atoms with Crippen LogP contribution in [-0.2, 0) is 19.9 Å². The Balaban J connectivity index is 1.16. The fraction of sp³-hybridized carbons (Fsp3) is 0.303. The van der Waals surface area contributed by atoms with E-state index in [1.807, 2.05) is 68.6 Å². The summed E-state index contributed by atoms with van der Waals surface area (Å²) < 4.78 is 1.70. The number of Topliss-reactive ketones (excluding diaryl/α,β-unsaturated/α-hetero) is 2. The van der Waals surface area contributed by atoms with Crippen LogP contribution in [-0.4, -0.2) is 34.4 Å². The van der Waals surface area contributed by atoms with E-state index in [1.54, 1.807) is 10.9 Å². The van der Waals surface area contributed by atoms with Crippen LogP contribution in [0.4, 0.5) is 17.1 Å². The second-order valence-corrected chi connectivity index (χ2v) is 11.2. The average molecular weight is 555 g/mol. The van der Waals surface area contributed by atoms with E-state index in [0.29, 0.717) is 17.0 Å². The molecule has 1 aliphatic rings. The smallest absolute Gasteiger partial charge is 0.170 e. The third kappa shape index (κ3) is 6.45. The molecule has 2 heterocycles. The number of carbonyl (C=O) groups excluding carboxylic acids is 2. The Kier molecular flexibility index (Phi) is 8.36. The molecule has 1 aromatic heterocycles. The topological polar surface area (TPSA) is 67.2 Å². The average Bonchev–Trinajstić information content (AvgIpc) is 3.29. The van der Waals surface area contributed by atoms with Crippen molar-refractivity contribution in [2.45, 2.75) is 39.5 Å². The standard InChI is InChI=1S/C33H35ClN4O2/c1-22-14-16-38(17-15-22)28-11-7-26(8-12-28)32(39)19-24-4-9-27(10-5-24)36-31-13-6-25(18-30(31)34)20-33(40)29-21-35-37(3)23(29)2/h4-13,18,21-22,36H,14-17,19-20H2,1-3H3.